The Kier molecular flexibility index (Phi) is 2.11. The molecular weight excluding hydrogens is 188 g/mol. The third kappa shape index (κ3) is 1.65. The van der Waals surface area contributed by atoms with Gasteiger partial charge in [-0.1, -0.05) is 39.0 Å². The lowest BCUT2D eigenvalue weighted by atomic mass is 9.84. The molecule has 0 unspecified atom stereocenters. The molecule has 15 heavy (non-hydrogen) atoms. The van der Waals surface area contributed by atoms with Crippen LogP contribution in [0.1, 0.15) is 26.3 Å². The molecule has 0 aliphatic heterocycles. The maximum absolute atomic E-state index is 11.7. The number of fused-ring (bicyclic) bond motifs is 1. The molecule has 0 amide bonds. The van der Waals surface area contributed by atoms with Crippen molar-refractivity contribution >= 4 is 10.8 Å². The molecule has 3 nitrogen and oxygen atoms in total. The highest BCUT2D eigenvalue weighted by Gasteiger charge is 2.18. The van der Waals surface area contributed by atoms with Crippen LogP contribution in [-0.4, -0.2) is 10.2 Å². The number of hydrogen-bond acceptors (Lipinski definition) is 2. The molecule has 0 spiro atoms. The van der Waals surface area contributed by atoms with E-state index < -0.39 is 0 Å². The normalized spacial score (nSPS) is 11.9. The molecule has 0 atom stereocenters. The summed E-state index contributed by atoms with van der Waals surface area (Å²) >= 11 is 0. The molecule has 0 aliphatic rings. The quantitative estimate of drug-likeness (QED) is 0.712. The van der Waals surface area contributed by atoms with Gasteiger partial charge in [0.05, 0.1) is 11.6 Å². The van der Waals surface area contributed by atoms with Gasteiger partial charge in [0.15, 0.2) is 0 Å². The maximum atomic E-state index is 11.7. The highest BCUT2D eigenvalue weighted by Crippen LogP contribution is 2.26. The number of aromatic amines is 1. The highest BCUT2D eigenvalue weighted by atomic mass is 16.1. The molecular formula is C12H14N2O. The Bertz CT molecular complexity index is 544. The number of benzene rings is 1. The first kappa shape index (κ1) is 9.90. The topological polar surface area (TPSA) is 45.8 Å². The van der Waals surface area contributed by atoms with E-state index in [1.807, 2.05) is 18.2 Å². The van der Waals surface area contributed by atoms with Gasteiger partial charge in [0.2, 0.25) is 0 Å². The van der Waals surface area contributed by atoms with Crippen LogP contribution in [0.2, 0.25) is 0 Å². The number of rotatable bonds is 0. The second-order valence-electron chi connectivity index (χ2n) is 4.72. The minimum Gasteiger partial charge on any atom is -0.267 e. The van der Waals surface area contributed by atoms with Gasteiger partial charge in [0.1, 0.15) is 0 Å². The molecule has 3 heteroatoms. The fourth-order valence-corrected chi connectivity index (χ4v) is 1.77. The molecule has 1 aromatic heterocycles. The van der Waals surface area contributed by atoms with Gasteiger partial charge in [-0.2, -0.15) is 5.10 Å². The Morgan fingerprint density at radius 2 is 2.00 bits per heavy atom. The largest absolute Gasteiger partial charge is 0.272 e. The summed E-state index contributed by atoms with van der Waals surface area (Å²) in [5.41, 5.74) is 0.912. The first-order valence-corrected chi connectivity index (χ1v) is 4.97. The van der Waals surface area contributed by atoms with Crippen LogP contribution in [0.3, 0.4) is 0 Å². The summed E-state index contributed by atoms with van der Waals surface area (Å²) in [5, 5.41) is 7.92. The summed E-state index contributed by atoms with van der Waals surface area (Å²) in [4.78, 5) is 11.7. The fourth-order valence-electron chi connectivity index (χ4n) is 1.77. The first-order valence-electron chi connectivity index (χ1n) is 4.97. The second-order valence-corrected chi connectivity index (χ2v) is 4.72. The van der Waals surface area contributed by atoms with E-state index in [2.05, 4.69) is 31.0 Å². The summed E-state index contributed by atoms with van der Waals surface area (Å²) < 4.78 is 0. The van der Waals surface area contributed by atoms with Crippen LogP contribution in [0.15, 0.2) is 29.2 Å². The van der Waals surface area contributed by atoms with Crippen molar-refractivity contribution in [1.29, 1.82) is 0 Å². The van der Waals surface area contributed by atoms with Crippen LogP contribution >= 0.6 is 0 Å². The van der Waals surface area contributed by atoms with E-state index in [-0.39, 0.29) is 11.0 Å². The second kappa shape index (κ2) is 3.19. The van der Waals surface area contributed by atoms with E-state index in [1.54, 1.807) is 6.20 Å². The standard InChI is InChI=1S/C12H14N2O/c1-12(2,3)9-6-4-5-8-7-13-14-11(15)10(8)9/h4-7H,1-3H3,(H,14,15). The smallest absolute Gasteiger partial charge is 0.267 e. The van der Waals surface area contributed by atoms with E-state index >= 15 is 0 Å². The number of H-pyrrole nitrogens is 1. The predicted octanol–water partition coefficient (Wildman–Crippen LogP) is 2.22. The molecule has 0 saturated heterocycles. The zero-order chi connectivity index (χ0) is 11.1. The van der Waals surface area contributed by atoms with Crippen LogP contribution < -0.4 is 5.56 Å². The van der Waals surface area contributed by atoms with Crippen molar-refractivity contribution in [2.75, 3.05) is 0 Å². The maximum Gasteiger partial charge on any atom is 0.272 e. The molecule has 78 valence electrons. The van der Waals surface area contributed by atoms with Gasteiger partial charge in [-0.05, 0) is 11.0 Å². The molecule has 2 aromatic rings. The minimum atomic E-state index is -0.113. The van der Waals surface area contributed by atoms with Crippen molar-refractivity contribution in [1.82, 2.24) is 10.2 Å². The number of nitrogens with one attached hydrogen (secondary N) is 1. The van der Waals surface area contributed by atoms with Crippen molar-refractivity contribution in [3.05, 3.63) is 40.3 Å². The van der Waals surface area contributed by atoms with Crippen molar-refractivity contribution in [2.24, 2.45) is 0 Å². The SMILES string of the molecule is CC(C)(C)c1cccc2cn[nH]c(=O)c12. The number of aromatic nitrogens is 2. The molecule has 2 rings (SSSR count). The summed E-state index contributed by atoms with van der Waals surface area (Å²) in [5.74, 6) is 0. The molecule has 0 aliphatic carbocycles. The Balaban J connectivity index is 2.93. The molecule has 0 fully saturated rings. The summed E-state index contributed by atoms with van der Waals surface area (Å²) in [6, 6.07) is 5.87. The number of hydrogen-bond donors (Lipinski definition) is 1. The van der Waals surface area contributed by atoms with E-state index in [9.17, 15) is 4.79 Å². The Hall–Kier alpha value is -1.64. The van der Waals surface area contributed by atoms with Crippen molar-refractivity contribution in [3.63, 3.8) is 0 Å². The fraction of sp³-hybridized carbons (Fsp3) is 0.333. The van der Waals surface area contributed by atoms with E-state index in [4.69, 9.17) is 0 Å². The van der Waals surface area contributed by atoms with Crippen molar-refractivity contribution < 1.29 is 0 Å². The van der Waals surface area contributed by atoms with Crippen molar-refractivity contribution in [2.45, 2.75) is 26.2 Å². The average molecular weight is 202 g/mol. The Labute approximate surface area is 88.1 Å². The molecule has 1 aromatic carbocycles. The highest BCUT2D eigenvalue weighted by molar-refractivity contribution is 5.84. The zero-order valence-electron chi connectivity index (χ0n) is 9.16. The van der Waals surface area contributed by atoms with E-state index in [0.29, 0.717) is 0 Å². The van der Waals surface area contributed by atoms with Crippen LogP contribution in [-0.2, 0) is 5.41 Å². The van der Waals surface area contributed by atoms with Gasteiger partial charge in [-0.3, -0.25) is 4.79 Å². The van der Waals surface area contributed by atoms with E-state index in [1.165, 1.54) is 0 Å². The molecule has 0 saturated carbocycles. The van der Waals surface area contributed by atoms with Gasteiger partial charge in [0, 0.05) is 5.39 Å². The zero-order valence-corrected chi connectivity index (χ0v) is 9.16. The first-order chi connectivity index (χ1) is 7.00. The lowest BCUT2D eigenvalue weighted by molar-refractivity contribution is 0.595. The van der Waals surface area contributed by atoms with E-state index in [0.717, 1.165) is 16.3 Å². The average Bonchev–Trinajstić information content (AvgIpc) is 2.16. The summed E-state index contributed by atoms with van der Waals surface area (Å²) in [6.45, 7) is 6.30. The molecule has 0 bridgehead atoms. The Morgan fingerprint density at radius 1 is 1.27 bits per heavy atom. The monoisotopic (exact) mass is 202 g/mol. The summed E-state index contributed by atoms with van der Waals surface area (Å²) in [7, 11) is 0. The van der Waals surface area contributed by atoms with Gasteiger partial charge < -0.3 is 0 Å². The number of nitrogens with zero attached hydrogens (tertiary/aromatic N) is 1. The van der Waals surface area contributed by atoms with Crippen molar-refractivity contribution in [3.8, 4) is 0 Å². The third-order valence-electron chi connectivity index (χ3n) is 2.50. The van der Waals surface area contributed by atoms with Gasteiger partial charge in [-0.25, -0.2) is 5.10 Å². The molecule has 1 N–H and O–H groups in total. The predicted molar refractivity (Wildman–Crippen MR) is 61.1 cm³/mol. The lowest BCUT2D eigenvalue weighted by Crippen LogP contribution is -2.17. The van der Waals surface area contributed by atoms with Crippen LogP contribution in [0.25, 0.3) is 10.8 Å². The van der Waals surface area contributed by atoms with Crippen LogP contribution in [0, 0.1) is 0 Å². The molecule has 1 heterocycles. The summed E-state index contributed by atoms with van der Waals surface area (Å²) in [6.07, 6.45) is 1.69. The van der Waals surface area contributed by atoms with Crippen LogP contribution in [0.4, 0.5) is 0 Å². The van der Waals surface area contributed by atoms with Gasteiger partial charge in [0.25, 0.3) is 5.56 Å². The van der Waals surface area contributed by atoms with Gasteiger partial charge in [-0.15, -0.1) is 0 Å². The molecule has 0 radical (unpaired) electrons. The minimum absolute atomic E-state index is 0.0339. The third-order valence-corrected chi connectivity index (χ3v) is 2.50. The lowest BCUT2D eigenvalue weighted by Gasteiger charge is -2.20. The Morgan fingerprint density at radius 3 is 2.67 bits per heavy atom. The van der Waals surface area contributed by atoms with Gasteiger partial charge >= 0.3 is 0 Å². The van der Waals surface area contributed by atoms with Crippen LogP contribution in [0.5, 0.6) is 0 Å².